The third-order valence-electron chi connectivity index (χ3n) is 6.33. The van der Waals surface area contributed by atoms with Crippen molar-refractivity contribution in [2.24, 2.45) is 0 Å². The number of fused-ring (bicyclic) bond motifs is 2. The highest BCUT2D eigenvalue weighted by Gasteiger charge is 2.47. The van der Waals surface area contributed by atoms with Crippen molar-refractivity contribution in [3.8, 4) is 0 Å². The van der Waals surface area contributed by atoms with Crippen LogP contribution >= 0.6 is 11.6 Å². The first-order valence-corrected chi connectivity index (χ1v) is 10.9. The van der Waals surface area contributed by atoms with Gasteiger partial charge < -0.3 is 0 Å². The highest BCUT2D eigenvalue weighted by atomic mass is 35.5. The monoisotopic (exact) mass is 418 g/mol. The molecule has 0 saturated heterocycles. The molecule has 0 N–H and O–H groups in total. The van der Waals surface area contributed by atoms with Gasteiger partial charge in [0.2, 0.25) is 0 Å². The molecule has 150 valence electrons. The van der Waals surface area contributed by atoms with Crippen LogP contribution in [0.25, 0.3) is 16.3 Å². The first kappa shape index (κ1) is 19.6. The van der Waals surface area contributed by atoms with Crippen LogP contribution < -0.4 is 0 Å². The molecule has 0 spiro atoms. The average molecular weight is 419 g/mol. The summed E-state index contributed by atoms with van der Waals surface area (Å²) in [6.07, 6.45) is 6.25. The van der Waals surface area contributed by atoms with Crippen LogP contribution in [0.15, 0.2) is 121 Å². The second-order valence-electron chi connectivity index (χ2n) is 7.89. The highest BCUT2D eigenvalue weighted by molar-refractivity contribution is 6.30. The highest BCUT2D eigenvalue weighted by Crippen LogP contribution is 2.57. The molecule has 0 aromatic heterocycles. The second-order valence-corrected chi connectivity index (χ2v) is 8.32. The molecule has 4 aromatic carbocycles. The van der Waals surface area contributed by atoms with Gasteiger partial charge in [-0.2, -0.15) is 0 Å². The molecule has 0 bridgehead atoms. The minimum atomic E-state index is -0.471. The van der Waals surface area contributed by atoms with E-state index in [4.69, 9.17) is 11.6 Å². The number of halogens is 1. The summed E-state index contributed by atoms with van der Waals surface area (Å²) in [5.74, 6) is 0. The van der Waals surface area contributed by atoms with E-state index in [1.807, 2.05) is 12.1 Å². The van der Waals surface area contributed by atoms with Gasteiger partial charge in [0.25, 0.3) is 0 Å². The standard InChI is InChI=1S/C30H23Cl/c1-3-10-28-26(4-2)27-18-17-25(31)20-29(27)30(28,23-13-6-5-7-14-23)24-16-15-21-11-8-9-12-22(21)19-24/h3-20H,1H2,2H3/b26-4-,28-10+. The number of hydrogen-bond donors (Lipinski definition) is 0. The first-order chi connectivity index (χ1) is 15.2. The fourth-order valence-corrected chi connectivity index (χ4v) is 5.27. The maximum atomic E-state index is 6.58. The van der Waals surface area contributed by atoms with Crippen LogP contribution in [-0.4, -0.2) is 0 Å². The number of benzene rings is 4. The van der Waals surface area contributed by atoms with E-state index in [-0.39, 0.29) is 0 Å². The predicted molar refractivity (Wildman–Crippen MR) is 134 cm³/mol. The maximum absolute atomic E-state index is 6.58. The van der Waals surface area contributed by atoms with E-state index in [9.17, 15) is 0 Å². The zero-order chi connectivity index (χ0) is 21.4. The van der Waals surface area contributed by atoms with E-state index in [1.165, 1.54) is 44.2 Å². The molecule has 1 aliphatic carbocycles. The van der Waals surface area contributed by atoms with Gasteiger partial charge in [-0.3, -0.25) is 0 Å². The Morgan fingerprint density at radius 2 is 1.52 bits per heavy atom. The van der Waals surface area contributed by atoms with Crippen molar-refractivity contribution in [2.75, 3.05) is 0 Å². The lowest BCUT2D eigenvalue weighted by Gasteiger charge is -2.34. The minimum Gasteiger partial charge on any atom is -0.0991 e. The summed E-state index contributed by atoms with van der Waals surface area (Å²) in [5, 5.41) is 3.21. The van der Waals surface area contributed by atoms with E-state index in [1.54, 1.807) is 0 Å². The predicted octanol–water partition coefficient (Wildman–Crippen LogP) is 8.36. The van der Waals surface area contributed by atoms with Gasteiger partial charge in [-0.25, -0.2) is 0 Å². The maximum Gasteiger partial charge on any atom is 0.0714 e. The van der Waals surface area contributed by atoms with E-state index < -0.39 is 5.41 Å². The van der Waals surface area contributed by atoms with Gasteiger partial charge in [0.05, 0.1) is 5.41 Å². The van der Waals surface area contributed by atoms with Crippen LogP contribution in [0.2, 0.25) is 5.02 Å². The summed E-state index contributed by atoms with van der Waals surface area (Å²) in [6, 6.07) is 32.3. The van der Waals surface area contributed by atoms with Crippen LogP contribution in [0.1, 0.15) is 29.2 Å². The zero-order valence-corrected chi connectivity index (χ0v) is 18.2. The van der Waals surface area contributed by atoms with Crippen LogP contribution in [-0.2, 0) is 5.41 Å². The van der Waals surface area contributed by atoms with Gasteiger partial charge in [0, 0.05) is 5.02 Å². The van der Waals surface area contributed by atoms with Crippen molar-refractivity contribution in [3.63, 3.8) is 0 Å². The molecule has 5 rings (SSSR count). The number of rotatable bonds is 3. The molecule has 0 aliphatic heterocycles. The Kier molecular flexibility index (Phi) is 4.88. The van der Waals surface area contributed by atoms with Crippen LogP contribution in [0, 0.1) is 0 Å². The summed E-state index contributed by atoms with van der Waals surface area (Å²) in [6.45, 7) is 6.15. The van der Waals surface area contributed by atoms with Crippen LogP contribution in [0.3, 0.4) is 0 Å². The first-order valence-electron chi connectivity index (χ1n) is 10.5. The Balaban J connectivity index is 1.98. The molecule has 0 saturated carbocycles. The summed E-state index contributed by atoms with van der Waals surface area (Å²) in [4.78, 5) is 0. The van der Waals surface area contributed by atoms with E-state index in [2.05, 4.69) is 111 Å². The molecule has 0 fully saturated rings. The third kappa shape index (κ3) is 2.91. The van der Waals surface area contributed by atoms with Crippen LogP contribution in [0.4, 0.5) is 0 Å². The van der Waals surface area contributed by atoms with Crippen molar-refractivity contribution in [1.82, 2.24) is 0 Å². The van der Waals surface area contributed by atoms with Crippen LogP contribution in [0.5, 0.6) is 0 Å². The Morgan fingerprint density at radius 3 is 2.26 bits per heavy atom. The minimum absolute atomic E-state index is 0.471. The van der Waals surface area contributed by atoms with Gasteiger partial charge in [-0.1, -0.05) is 109 Å². The Bertz CT molecular complexity index is 1360. The Hall–Kier alpha value is -3.35. The van der Waals surface area contributed by atoms with E-state index in [0.717, 1.165) is 5.02 Å². The summed E-state index contributed by atoms with van der Waals surface area (Å²) < 4.78 is 0. The SMILES string of the molecule is C=C/C=C1\C(=C/C)c2ccc(Cl)cc2C1(c1ccccc1)c1ccc2ccccc2c1. The molecule has 1 unspecified atom stereocenters. The summed E-state index contributed by atoms with van der Waals surface area (Å²) in [5.41, 5.74) is 6.86. The zero-order valence-electron chi connectivity index (χ0n) is 17.5. The molecule has 1 heteroatoms. The average Bonchev–Trinajstić information content (AvgIpc) is 3.08. The number of hydrogen-bond acceptors (Lipinski definition) is 0. The normalized spacial score (nSPS) is 20.3. The Labute approximate surface area is 188 Å². The van der Waals surface area contributed by atoms with Crippen molar-refractivity contribution in [3.05, 3.63) is 149 Å². The summed E-state index contributed by atoms with van der Waals surface area (Å²) in [7, 11) is 0. The Morgan fingerprint density at radius 1 is 0.774 bits per heavy atom. The molecule has 31 heavy (non-hydrogen) atoms. The van der Waals surface area contributed by atoms with Crippen molar-refractivity contribution >= 4 is 27.9 Å². The lowest BCUT2D eigenvalue weighted by molar-refractivity contribution is 0.770. The van der Waals surface area contributed by atoms with Gasteiger partial charge in [-0.05, 0) is 69.3 Å². The molecule has 1 atom stereocenters. The lowest BCUT2D eigenvalue weighted by Crippen LogP contribution is -2.28. The van der Waals surface area contributed by atoms with Gasteiger partial charge in [-0.15, -0.1) is 0 Å². The van der Waals surface area contributed by atoms with Crippen molar-refractivity contribution < 1.29 is 0 Å². The van der Waals surface area contributed by atoms with Gasteiger partial charge in [0.1, 0.15) is 0 Å². The molecule has 0 radical (unpaired) electrons. The molecule has 0 nitrogen and oxygen atoms in total. The lowest BCUT2D eigenvalue weighted by atomic mass is 9.67. The van der Waals surface area contributed by atoms with E-state index in [0.29, 0.717) is 0 Å². The molecule has 0 heterocycles. The quantitative estimate of drug-likeness (QED) is 0.313. The smallest absolute Gasteiger partial charge is 0.0714 e. The molecule has 0 amide bonds. The molecule has 1 aliphatic rings. The second kappa shape index (κ2) is 7.72. The van der Waals surface area contributed by atoms with Crippen molar-refractivity contribution in [1.29, 1.82) is 0 Å². The third-order valence-corrected chi connectivity index (χ3v) is 6.57. The number of allylic oxidation sites excluding steroid dienone is 5. The largest absolute Gasteiger partial charge is 0.0991 e. The fraction of sp³-hybridized carbons (Fsp3) is 0.0667. The van der Waals surface area contributed by atoms with Gasteiger partial charge >= 0.3 is 0 Å². The van der Waals surface area contributed by atoms with Gasteiger partial charge in [0.15, 0.2) is 0 Å². The topological polar surface area (TPSA) is 0 Å². The van der Waals surface area contributed by atoms with E-state index >= 15 is 0 Å². The van der Waals surface area contributed by atoms with Crippen molar-refractivity contribution in [2.45, 2.75) is 12.3 Å². The molecular formula is C30H23Cl. The summed E-state index contributed by atoms with van der Waals surface area (Å²) >= 11 is 6.58. The fourth-order valence-electron chi connectivity index (χ4n) is 5.10. The molecular weight excluding hydrogens is 396 g/mol. The molecule has 4 aromatic rings.